The van der Waals surface area contributed by atoms with Crippen LogP contribution in [0.3, 0.4) is 0 Å². The second-order valence-electron chi connectivity index (χ2n) is 7.43. The van der Waals surface area contributed by atoms with E-state index in [0.717, 1.165) is 12.8 Å². The first-order chi connectivity index (χ1) is 13.4. The van der Waals surface area contributed by atoms with Crippen LogP contribution in [-0.4, -0.2) is 26.2 Å². The Labute approximate surface area is 158 Å². The van der Waals surface area contributed by atoms with Gasteiger partial charge in [-0.05, 0) is 38.5 Å². The van der Waals surface area contributed by atoms with Crippen molar-refractivity contribution >= 4 is 22.1 Å². The van der Waals surface area contributed by atoms with Crippen molar-refractivity contribution < 1.29 is 26.3 Å². The molecular formula is C20H20F6N2. The molecule has 0 aliphatic carbocycles. The predicted octanol–water partition coefficient (Wildman–Crippen LogP) is 5.66. The molecule has 0 radical (unpaired) electrons. The Kier molecular flexibility index (Phi) is 5.05. The first-order valence-electron chi connectivity index (χ1n) is 9.60. The minimum Gasteiger partial charge on any atom is -0.367 e. The molecule has 2 aliphatic heterocycles. The summed E-state index contributed by atoms with van der Waals surface area (Å²) in [5, 5.41) is -2.34. The summed E-state index contributed by atoms with van der Waals surface area (Å²) < 4.78 is 89.1. The van der Waals surface area contributed by atoms with E-state index in [1.54, 1.807) is 0 Å². The molecule has 0 spiro atoms. The van der Waals surface area contributed by atoms with Gasteiger partial charge in [0, 0.05) is 26.2 Å². The minimum absolute atomic E-state index is 0.261. The predicted molar refractivity (Wildman–Crippen MR) is 95.8 cm³/mol. The van der Waals surface area contributed by atoms with Crippen molar-refractivity contribution in [1.29, 1.82) is 0 Å². The largest absolute Gasteiger partial charge is 0.367 e. The van der Waals surface area contributed by atoms with Gasteiger partial charge in [-0.2, -0.15) is 0 Å². The highest BCUT2D eigenvalue weighted by atomic mass is 19.2. The lowest BCUT2D eigenvalue weighted by Crippen LogP contribution is -2.32. The molecule has 2 saturated heterocycles. The van der Waals surface area contributed by atoms with E-state index in [0.29, 0.717) is 25.7 Å². The van der Waals surface area contributed by atoms with Gasteiger partial charge >= 0.3 is 0 Å². The molecule has 0 atom stereocenters. The van der Waals surface area contributed by atoms with Crippen LogP contribution in [0.15, 0.2) is 0 Å². The monoisotopic (exact) mass is 402 g/mol. The SMILES string of the molecule is Fc1c(N2CCCCC2)c(F)c2c(F)c(F)c(N3CCCCC3)c(F)c2c1F. The molecule has 0 saturated carbocycles. The van der Waals surface area contributed by atoms with Crippen LogP contribution in [0.5, 0.6) is 0 Å². The fourth-order valence-corrected chi connectivity index (χ4v) is 4.28. The standard InChI is InChI=1S/C20H20F6N2/c21-13-12-11(15(23)19(17(13)25)27-7-3-1-4-8-27)14(22)18(26)20(16(12)24)28-9-5-2-6-10-28/h1-10H2. The Morgan fingerprint density at radius 1 is 0.393 bits per heavy atom. The van der Waals surface area contributed by atoms with Gasteiger partial charge in [0.1, 0.15) is 11.4 Å². The quantitative estimate of drug-likeness (QED) is 0.473. The van der Waals surface area contributed by atoms with Crippen LogP contribution in [0, 0.1) is 34.9 Å². The molecule has 4 rings (SSSR count). The van der Waals surface area contributed by atoms with Crippen LogP contribution in [0.1, 0.15) is 38.5 Å². The molecule has 0 N–H and O–H groups in total. The lowest BCUT2D eigenvalue weighted by atomic mass is 10.0. The molecule has 2 fully saturated rings. The number of hydrogen-bond acceptors (Lipinski definition) is 2. The van der Waals surface area contributed by atoms with Crippen LogP contribution < -0.4 is 9.80 Å². The Balaban J connectivity index is 1.98. The second kappa shape index (κ2) is 7.37. The molecule has 2 nitrogen and oxygen atoms in total. The Hall–Kier alpha value is -2.12. The lowest BCUT2D eigenvalue weighted by Gasteiger charge is -2.31. The van der Waals surface area contributed by atoms with Gasteiger partial charge in [-0.25, -0.2) is 26.3 Å². The zero-order valence-corrected chi connectivity index (χ0v) is 15.2. The Morgan fingerprint density at radius 3 is 1.04 bits per heavy atom. The van der Waals surface area contributed by atoms with Crippen molar-refractivity contribution in [1.82, 2.24) is 0 Å². The average molecular weight is 402 g/mol. The smallest absolute Gasteiger partial charge is 0.185 e. The summed E-state index contributed by atoms with van der Waals surface area (Å²) in [5.74, 6) is -9.44. The molecule has 2 aromatic rings. The summed E-state index contributed by atoms with van der Waals surface area (Å²) >= 11 is 0. The Bertz CT molecular complexity index is 842. The van der Waals surface area contributed by atoms with E-state index in [1.807, 2.05) is 0 Å². The summed E-state index contributed by atoms with van der Waals surface area (Å²) in [6.45, 7) is 1.04. The van der Waals surface area contributed by atoms with Gasteiger partial charge < -0.3 is 9.80 Å². The first-order valence-corrected chi connectivity index (χ1v) is 9.60. The fourth-order valence-electron chi connectivity index (χ4n) is 4.28. The molecule has 2 aromatic carbocycles. The number of fused-ring (bicyclic) bond motifs is 1. The van der Waals surface area contributed by atoms with Gasteiger partial charge in [0.05, 0.1) is 10.8 Å². The highest BCUT2D eigenvalue weighted by Gasteiger charge is 2.34. The fraction of sp³-hybridized carbons (Fsp3) is 0.500. The molecule has 0 unspecified atom stereocenters. The van der Waals surface area contributed by atoms with Crippen LogP contribution in [-0.2, 0) is 0 Å². The van der Waals surface area contributed by atoms with E-state index in [4.69, 9.17) is 0 Å². The third kappa shape index (κ3) is 2.88. The van der Waals surface area contributed by atoms with Crippen molar-refractivity contribution in [2.75, 3.05) is 36.0 Å². The molecule has 8 heteroatoms. The molecular weight excluding hydrogens is 382 g/mol. The van der Waals surface area contributed by atoms with Crippen LogP contribution in [0.2, 0.25) is 0 Å². The van der Waals surface area contributed by atoms with Gasteiger partial charge in [-0.15, -0.1) is 0 Å². The molecule has 0 aromatic heterocycles. The number of halogens is 6. The van der Waals surface area contributed by atoms with Crippen molar-refractivity contribution in [2.24, 2.45) is 0 Å². The summed E-state index contributed by atoms with van der Waals surface area (Å²) in [7, 11) is 0. The highest BCUT2D eigenvalue weighted by molar-refractivity contribution is 5.92. The number of rotatable bonds is 2. The summed E-state index contributed by atoms with van der Waals surface area (Å²) in [5.41, 5.74) is -1.51. The number of nitrogens with zero attached hydrogens (tertiary/aromatic N) is 2. The summed E-state index contributed by atoms with van der Waals surface area (Å²) in [4.78, 5) is 2.54. The Morgan fingerprint density at radius 2 is 0.714 bits per heavy atom. The minimum atomic E-state index is -1.69. The third-order valence-corrected chi connectivity index (χ3v) is 5.69. The van der Waals surface area contributed by atoms with Gasteiger partial charge in [0.25, 0.3) is 0 Å². The number of anilines is 2. The summed E-state index contributed by atoms with van der Waals surface area (Å²) in [6.07, 6.45) is 4.25. The van der Waals surface area contributed by atoms with E-state index in [1.165, 1.54) is 9.80 Å². The maximum Gasteiger partial charge on any atom is 0.185 e. The van der Waals surface area contributed by atoms with Crippen molar-refractivity contribution in [3.63, 3.8) is 0 Å². The molecule has 2 aliphatic rings. The van der Waals surface area contributed by atoms with E-state index >= 15 is 8.78 Å². The van der Waals surface area contributed by atoms with E-state index in [-0.39, 0.29) is 26.2 Å². The van der Waals surface area contributed by atoms with Crippen molar-refractivity contribution in [2.45, 2.75) is 38.5 Å². The van der Waals surface area contributed by atoms with E-state index in [9.17, 15) is 17.6 Å². The zero-order chi connectivity index (χ0) is 20.0. The van der Waals surface area contributed by atoms with Gasteiger partial charge in [-0.1, -0.05) is 0 Å². The number of hydrogen-bond donors (Lipinski definition) is 0. The summed E-state index contributed by atoms with van der Waals surface area (Å²) in [6, 6.07) is 0. The van der Waals surface area contributed by atoms with Crippen LogP contribution in [0.25, 0.3) is 10.8 Å². The van der Waals surface area contributed by atoms with Crippen molar-refractivity contribution in [3.05, 3.63) is 34.9 Å². The van der Waals surface area contributed by atoms with Crippen LogP contribution in [0.4, 0.5) is 37.7 Å². The normalized spacial score (nSPS) is 18.2. The third-order valence-electron chi connectivity index (χ3n) is 5.69. The van der Waals surface area contributed by atoms with Gasteiger partial charge in [0.15, 0.2) is 34.9 Å². The molecule has 2 heterocycles. The van der Waals surface area contributed by atoms with E-state index in [2.05, 4.69) is 0 Å². The number of benzene rings is 2. The van der Waals surface area contributed by atoms with Crippen LogP contribution >= 0.6 is 0 Å². The van der Waals surface area contributed by atoms with Crippen molar-refractivity contribution in [3.8, 4) is 0 Å². The maximum absolute atomic E-state index is 15.1. The molecule has 0 bridgehead atoms. The second-order valence-corrected chi connectivity index (χ2v) is 7.43. The van der Waals surface area contributed by atoms with Gasteiger partial charge in [-0.3, -0.25) is 0 Å². The topological polar surface area (TPSA) is 6.48 Å². The maximum atomic E-state index is 15.1. The highest BCUT2D eigenvalue weighted by Crippen LogP contribution is 2.41. The number of piperidine rings is 2. The first kappa shape index (κ1) is 19.2. The molecule has 0 amide bonds. The average Bonchev–Trinajstić information content (AvgIpc) is 2.71. The molecule has 152 valence electrons. The molecule has 28 heavy (non-hydrogen) atoms. The zero-order valence-electron chi connectivity index (χ0n) is 15.2. The lowest BCUT2D eigenvalue weighted by molar-refractivity contribution is 0.468. The van der Waals surface area contributed by atoms with E-state index < -0.39 is 57.1 Å². The van der Waals surface area contributed by atoms with Gasteiger partial charge in [0.2, 0.25) is 0 Å².